The van der Waals surface area contributed by atoms with Crippen molar-refractivity contribution >= 4 is 18.3 Å². The van der Waals surface area contributed by atoms with Crippen LogP contribution < -0.4 is 15.8 Å². The van der Waals surface area contributed by atoms with Crippen LogP contribution in [0.5, 0.6) is 5.75 Å². The predicted octanol–water partition coefficient (Wildman–Crippen LogP) is 2.24. The summed E-state index contributed by atoms with van der Waals surface area (Å²) in [4.78, 5) is 12.3. The second kappa shape index (κ2) is 9.66. The van der Waals surface area contributed by atoms with E-state index in [0.29, 0.717) is 31.1 Å². The lowest BCUT2D eigenvalue weighted by molar-refractivity contribution is 0.0883. The minimum atomic E-state index is -0.412. The molecular formula is C16H27ClN2O3. The van der Waals surface area contributed by atoms with Crippen molar-refractivity contribution in [1.82, 2.24) is 5.32 Å². The van der Waals surface area contributed by atoms with E-state index in [1.807, 2.05) is 20.8 Å². The average molecular weight is 331 g/mol. The maximum absolute atomic E-state index is 12.3. The second-order valence-electron chi connectivity index (χ2n) is 5.60. The third-order valence-electron chi connectivity index (χ3n) is 3.77. The Morgan fingerprint density at radius 2 is 1.86 bits per heavy atom. The summed E-state index contributed by atoms with van der Waals surface area (Å²) in [6, 6.07) is 7.04. The van der Waals surface area contributed by atoms with Crippen molar-refractivity contribution in [1.29, 1.82) is 0 Å². The summed E-state index contributed by atoms with van der Waals surface area (Å²) in [5.41, 5.74) is 5.96. The molecule has 1 unspecified atom stereocenters. The molecule has 0 saturated carbocycles. The Kier molecular flexibility index (Phi) is 9.09. The van der Waals surface area contributed by atoms with E-state index in [1.165, 1.54) is 0 Å². The smallest absolute Gasteiger partial charge is 0.251 e. The molecule has 0 saturated heterocycles. The molecule has 0 aliphatic rings. The summed E-state index contributed by atoms with van der Waals surface area (Å²) < 4.78 is 10.4. The van der Waals surface area contributed by atoms with Gasteiger partial charge in [0, 0.05) is 19.2 Å². The van der Waals surface area contributed by atoms with Crippen molar-refractivity contribution in [3.05, 3.63) is 29.8 Å². The molecule has 0 radical (unpaired) electrons. The van der Waals surface area contributed by atoms with Gasteiger partial charge < -0.3 is 20.5 Å². The van der Waals surface area contributed by atoms with Gasteiger partial charge in [-0.1, -0.05) is 13.8 Å². The van der Waals surface area contributed by atoms with E-state index in [0.717, 1.165) is 0 Å². The molecule has 0 aliphatic heterocycles. The maximum atomic E-state index is 12.3. The first kappa shape index (κ1) is 20.7. The zero-order valence-corrected chi connectivity index (χ0v) is 14.5. The molecule has 0 heterocycles. The van der Waals surface area contributed by atoms with Gasteiger partial charge in [0.05, 0.1) is 12.1 Å². The molecule has 0 aliphatic carbocycles. The number of hydrogen-bond acceptors (Lipinski definition) is 4. The third kappa shape index (κ3) is 5.83. The number of nitrogens with one attached hydrogen (secondary N) is 1. The standard InChI is InChI=1S/C16H26N2O3.ClH/c1-12(2)16(3,11-17)18-15(19)13-5-7-14(8-6-13)21-10-9-20-4;/h5-8,12H,9-11,17H2,1-4H3,(H,18,19);1H. The summed E-state index contributed by atoms with van der Waals surface area (Å²) in [6.45, 7) is 7.46. The van der Waals surface area contributed by atoms with Gasteiger partial charge in [0.2, 0.25) is 0 Å². The van der Waals surface area contributed by atoms with Crippen molar-refractivity contribution in [3.63, 3.8) is 0 Å². The average Bonchev–Trinajstić information content (AvgIpc) is 2.47. The Labute approximate surface area is 139 Å². The van der Waals surface area contributed by atoms with Gasteiger partial charge in [0.25, 0.3) is 5.91 Å². The largest absolute Gasteiger partial charge is 0.491 e. The highest BCUT2D eigenvalue weighted by Crippen LogP contribution is 2.17. The number of amides is 1. The Bertz CT molecular complexity index is 451. The van der Waals surface area contributed by atoms with Crippen LogP contribution in [-0.2, 0) is 4.74 Å². The van der Waals surface area contributed by atoms with Gasteiger partial charge >= 0.3 is 0 Å². The van der Waals surface area contributed by atoms with Gasteiger partial charge in [-0.2, -0.15) is 0 Å². The van der Waals surface area contributed by atoms with Crippen LogP contribution in [0.1, 0.15) is 31.1 Å². The van der Waals surface area contributed by atoms with Gasteiger partial charge in [0.15, 0.2) is 0 Å². The first-order valence-corrected chi connectivity index (χ1v) is 7.17. The highest BCUT2D eigenvalue weighted by atomic mass is 35.5. The van der Waals surface area contributed by atoms with Gasteiger partial charge in [-0.15, -0.1) is 12.4 Å². The van der Waals surface area contributed by atoms with E-state index in [-0.39, 0.29) is 24.2 Å². The number of carbonyl (C=O) groups is 1. The van der Waals surface area contributed by atoms with Crippen LogP contribution in [0.15, 0.2) is 24.3 Å². The van der Waals surface area contributed by atoms with Crippen molar-refractivity contribution < 1.29 is 14.3 Å². The minimum absolute atomic E-state index is 0. The molecule has 1 amide bonds. The van der Waals surface area contributed by atoms with E-state index in [2.05, 4.69) is 5.32 Å². The van der Waals surface area contributed by atoms with E-state index in [9.17, 15) is 4.79 Å². The Hall–Kier alpha value is -1.30. The minimum Gasteiger partial charge on any atom is -0.491 e. The molecule has 0 bridgehead atoms. The summed E-state index contributed by atoms with van der Waals surface area (Å²) >= 11 is 0. The molecule has 0 fully saturated rings. The fraction of sp³-hybridized carbons (Fsp3) is 0.562. The van der Waals surface area contributed by atoms with Crippen LogP contribution in [0.25, 0.3) is 0 Å². The predicted molar refractivity (Wildman–Crippen MR) is 90.8 cm³/mol. The number of benzene rings is 1. The molecule has 1 aromatic rings. The summed E-state index contributed by atoms with van der Waals surface area (Å²) in [7, 11) is 1.62. The van der Waals surface area contributed by atoms with Crippen LogP contribution in [0, 0.1) is 5.92 Å². The quantitative estimate of drug-likeness (QED) is 0.717. The highest BCUT2D eigenvalue weighted by Gasteiger charge is 2.28. The lowest BCUT2D eigenvalue weighted by Gasteiger charge is -2.33. The van der Waals surface area contributed by atoms with Crippen molar-refractivity contribution in [2.24, 2.45) is 11.7 Å². The van der Waals surface area contributed by atoms with Crippen LogP contribution >= 0.6 is 12.4 Å². The molecule has 0 aromatic heterocycles. The molecule has 5 nitrogen and oxygen atoms in total. The van der Waals surface area contributed by atoms with Crippen molar-refractivity contribution in [2.75, 3.05) is 26.9 Å². The normalized spacial score (nSPS) is 13.2. The lowest BCUT2D eigenvalue weighted by Crippen LogP contribution is -2.55. The van der Waals surface area contributed by atoms with Gasteiger partial charge in [0.1, 0.15) is 12.4 Å². The first-order valence-electron chi connectivity index (χ1n) is 7.17. The number of rotatable bonds is 8. The molecule has 0 spiro atoms. The fourth-order valence-corrected chi connectivity index (χ4v) is 1.71. The molecular weight excluding hydrogens is 304 g/mol. The molecule has 6 heteroatoms. The monoisotopic (exact) mass is 330 g/mol. The van der Waals surface area contributed by atoms with Gasteiger partial charge in [-0.05, 0) is 37.1 Å². The number of carbonyl (C=O) groups excluding carboxylic acids is 1. The number of hydrogen-bond donors (Lipinski definition) is 2. The van der Waals surface area contributed by atoms with Gasteiger partial charge in [-0.25, -0.2) is 0 Å². The summed E-state index contributed by atoms with van der Waals surface area (Å²) in [5.74, 6) is 0.845. The number of methoxy groups -OCH3 is 1. The summed E-state index contributed by atoms with van der Waals surface area (Å²) in [5, 5.41) is 3.01. The lowest BCUT2D eigenvalue weighted by atomic mass is 9.88. The molecule has 22 heavy (non-hydrogen) atoms. The maximum Gasteiger partial charge on any atom is 0.251 e. The van der Waals surface area contributed by atoms with Crippen LogP contribution in [0.4, 0.5) is 0 Å². The van der Waals surface area contributed by atoms with E-state index in [1.54, 1.807) is 31.4 Å². The van der Waals surface area contributed by atoms with Crippen LogP contribution in [0.3, 0.4) is 0 Å². The van der Waals surface area contributed by atoms with E-state index >= 15 is 0 Å². The number of halogens is 1. The number of ether oxygens (including phenoxy) is 2. The molecule has 3 N–H and O–H groups in total. The van der Waals surface area contributed by atoms with E-state index in [4.69, 9.17) is 15.2 Å². The number of nitrogens with two attached hydrogens (primary N) is 1. The van der Waals surface area contributed by atoms with E-state index < -0.39 is 5.54 Å². The van der Waals surface area contributed by atoms with Crippen LogP contribution in [0.2, 0.25) is 0 Å². The molecule has 1 atom stereocenters. The Morgan fingerprint density at radius 1 is 1.27 bits per heavy atom. The second-order valence-corrected chi connectivity index (χ2v) is 5.60. The Balaban J connectivity index is 0.00000441. The topological polar surface area (TPSA) is 73.6 Å². The van der Waals surface area contributed by atoms with Crippen LogP contribution in [-0.4, -0.2) is 38.3 Å². The zero-order chi connectivity index (χ0) is 15.9. The molecule has 1 aromatic carbocycles. The SMILES string of the molecule is COCCOc1ccc(C(=O)NC(C)(CN)C(C)C)cc1.Cl. The highest BCUT2D eigenvalue weighted by molar-refractivity contribution is 5.94. The van der Waals surface area contributed by atoms with Gasteiger partial charge in [-0.3, -0.25) is 4.79 Å². The van der Waals surface area contributed by atoms with Crippen molar-refractivity contribution in [3.8, 4) is 5.75 Å². The zero-order valence-electron chi connectivity index (χ0n) is 13.7. The fourth-order valence-electron chi connectivity index (χ4n) is 1.71. The third-order valence-corrected chi connectivity index (χ3v) is 3.77. The first-order chi connectivity index (χ1) is 9.92. The van der Waals surface area contributed by atoms with Crippen molar-refractivity contribution in [2.45, 2.75) is 26.3 Å². The Morgan fingerprint density at radius 3 is 2.32 bits per heavy atom. The molecule has 1 rings (SSSR count). The summed E-state index contributed by atoms with van der Waals surface area (Å²) in [6.07, 6.45) is 0. The molecule has 126 valence electrons.